The van der Waals surface area contributed by atoms with Crippen LogP contribution in [0.5, 0.6) is 0 Å². The van der Waals surface area contributed by atoms with Crippen LogP contribution in [0.1, 0.15) is 311 Å². The highest BCUT2D eigenvalue weighted by molar-refractivity contribution is 5.95. The summed E-state index contributed by atoms with van der Waals surface area (Å²) in [7, 11) is 2.08. The second-order valence-electron chi connectivity index (χ2n) is 30.9. The molecule has 0 spiro atoms. The molecule has 0 unspecified atom stereocenters. The number of aromatic amines is 3. The van der Waals surface area contributed by atoms with E-state index in [0.29, 0.717) is 42.4 Å². The first-order valence-electron chi connectivity index (χ1n) is 39.6. The van der Waals surface area contributed by atoms with Gasteiger partial charge in [-0.25, -0.2) is 19.9 Å². The van der Waals surface area contributed by atoms with Crippen molar-refractivity contribution in [1.82, 2.24) is 60.1 Å². The molecule has 12 aromatic rings. The molecule has 0 aliphatic heterocycles. The summed E-state index contributed by atoms with van der Waals surface area (Å²) >= 11 is 0. The maximum Gasteiger partial charge on any atom is 0.141 e. The average Bonchev–Trinajstić information content (AvgIpc) is 1.63. The number of nitrogens with one attached hydrogen (secondary N) is 3. The Labute approximate surface area is 618 Å². The Kier molecular flexibility index (Phi) is 22.0. The lowest BCUT2D eigenvalue weighted by molar-refractivity contribution is 0.0183. The van der Waals surface area contributed by atoms with Crippen LogP contribution in [0.15, 0.2) is 72.7 Å². The van der Waals surface area contributed by atoms with Crippen molar-refractivity contribution in [2.24, 2.45) is 7.05 Å². The highest BCUT2D eigenvalue weighted by Crippen LogP contribution is 2.48. The number of rotatable bonds is 25. The summed E-state index contributed by atoms with van der Waals surface area (Å²) in [6.45, 7) is 33.1. The van der Waals surface area contributed by atoms with Gasteiger partial charge in [-0.05, 0) is 246 Å². The topological polar surface area (TPSA) is 248 Å². The van der Waals surface area contributed by atoms with Crippen molar-refractivity contribution >= 4 is 49.7 Å². The van der Waals surface area contributed by atoms with Gasteiger partial charge >= 0.3 is 0 Å². The largest absolute Gasteiger partial charge is 0.385 e. The number of imidazole rings is 4. The number of hydrogen-bond acceptors (Lipinski definition) is 14. The molecular formula is C87H112N12O6. The molecule has 4 aliphatic rings. The lowest BCUT2D eigenvalue weighted by Crippen LogP contribution is -2.26. The molecule has 5 N–H and O–H groups in total. The standard InChI is InChI=1S/C22H29N3O2.C22H29N3O.C22H27N3O.C21H27N3O2/c1-5-9-22(26,10-6-2)17-11-16(19-13(3)25-27-14(19)4)12-18-20(17)24-21(23-18)15-7-8-15;2*1-5-7-15(8-6-2)18-11-17(20-13(3)25-26-14(20)4)12-19-21(18)24-22(23-19)16-9-10-16;1-6-21(25,7-2)16-10-15(18-12(3)23-26-13(18)4)11-17-19(16)22-20(24(17)5)14-8-9-14/h11-12,15,26H,5-10H2,1-4H3,(H,23,24);11-12,15-16H,5-10H2,1-4H3,(H,23,24);7,11-12,16H,5-6,8-10H2,1-4H3,(H,23,24);10-11,14,25H,6-9H2,1-5H3/b;;15-7+;. The van der Waals surface area contributed by atoms with Crippen LogP contribution in [0, 0.1) is 55.4 Å². The molecule has 18 heteroatoms. The first-order valence-corrected chi connectivity index (χ1v) is 39.6. The first kappa shape index (κ1) is 74.5. The van der Waals surface area contributed by atoms with Gasteiger partial charge in [-0.1, -0.05) is 114 Å². The summed E-state index contributed by atoms with van der Waals surface area (Å²) in [5.41, 5.74) is 24.9. The minimum atomic E-state index is -0.886. The molecule has 8 heterocycles. The number of fused-ring (bicyclic) bond motifs is 4. The molecule has 105 heavy (non-hydrogen) atoms. The lowest BCUT2D eigenvalue weighted by Gasteiger charge is -2.29. The van der Waals surface area contributed by atoms with Gasteiger partial charge in [0.15, 0.2) is 0 Å². The molecule has 16 rings (SSSR count). The summed E-state index contributed by atoms with van der Waals surface area (Å²) in [6.07, 6.45) is 24.8. The number of benzene rings is 4. The third-order valence-electron chi connectivity index (χ3n) is 22.5. The molecule has 8 aromatic heterocycles. The summed E-state index contributed by atoms with van der Waals surface area (Å²) in [6, 6.07) is 17.6. The van der Waals surface area contributed by atoms with Gasteiger partial charge in [-0.3, -0.25) is 0 Å². The van der Waals surface area contributed by atoms with E-state index in [1.807, 2.05) is 69.2 Å². The van der Waals surface area contributed by atoms with Gasteiger partial charge in [0, 0.05) is 69.7 Å². The summed E-state index contributed by atoms with van der Waals surface area (Å²) < 4.78 is 23.8. The molecule has 556 valence electrons. The van der Waals surface area contributed by atoms with Crippen molar-refractivity contribution in [3.8, 4) is 44.5 Å². The van der Waals surface area contributed by atoms with E-state index in [1.165, 1.54) is 111 Å². The molecule has 4 aromatic carbocycles. The van der Waals surface area contributed by atoms with Crippen molar-refractivity contribution in [2.45, 2.75) is 286 Å². The normalized spacial score (nSPS) is 15.0. The Morgan fingerprint density at radius 2 is 0.867 bits per heavy atom. The van der Waals surface area contributed by atoms with Crippen molar-refractivity contribution < 1.29 is 28.3 Å². The fourth-order valence-electron chi connectivity index (χ4n) is 16.4. The van der Waals surface area contributed by atoms with Crippen LogP contribution >= 0.6 is 0 Å². The van der Waals surface area contributed by atoms with Crippen LogP contribution < -0.4 is 0 Å². The molecule has 0 radical (unpaired) electrons. The van der Waals surface area contributed by atoms with E-state index in [-0.39, 0.29) is 0 Å². The number of H-pyrrole nitrogens is 3. The minimum absolute atomic E-state index is 0.540. The van der Waals surface area contributed by atoms with Gasteiger partial charge in [-0.15, -0.1) is 0 Å². The second-order valence-corrected chi connectivity index (χ2v) is 30.9. The number of nitrogens with zero attached hydrogens (tertiary/aromatic N) is 9. The molecule has 0 amide bonds. The highest BCUT2D eigenvalue weighted by Gasteiger charge is 2.37. The monoisotopic (exact) mass is 1420 g/mol. The number of allylic oxidation sites excluding steroid dienone is 2. The number of aromatic nitrogens is 12. The lowest BCUT2D eigenvalue weighted by atomic mass is 9.83. The Bertz CT molecular complexity index is 5000. The zero-order valence-electron chi connectivity index (χ0n) is 65.5. The number of aryl methyl sites for hydroxylation is 9. The third kappa shape index (κ3) is 15.2. The molecule has 4 saturated carbocycles. The first-order chi connectivity index (χ1) is 50.6. The maximum absolute atomic E-state index is 11.6. The molecule has 0 bridgehead atoms. The van der Waals surface area contributed by atoms with E-state index in [4.69, 9.17) is 38.0 Å². The van der Waals surface area contributed by atoms with Crippen molar-refractivity contribution in [3.05, 3.63) is 146 Å². The van der Waals surface area contributed by atoms with E-state index in [1.54, 1.807) is 0 Å². The van der Waals surface area contributed by atoms with Gasteiger partial charge in [0.05, 0.1) is 78.1 Å². The Morgan fingerprint density at radius 1 is 0.467 bits per heavy atom. The maximum atomic E-state index is 11.6. The number of aliphatic hydroxyl groups is 2. The van der Waals surface area contributed by atoms with Gasteiger partial charge in [-0.2, -0.15) is 0 Å². The van der Waals surface area contributed by atoms with Crippen molar-refractivity contribution in [2.75, 3.05) is 0 Å². The average molecular weight is 1420 g/mol. The van der Waals surface area contributed by atoms with E-state index < -0.39 is 11.2 Å². The fraction of sp³-hybridized carbons (Fsp3) is 0.517. The molecular weight excluding hydrogens is 1310 g/mol. The van der Waals surface area contributed by atoms with Crippen molar-refractivity contribution in [1.29, 1.82) is 0 Å². The van der Waals surface area contributed by atoms with Crippen LogP contribution in [0.4, 0.5) is 0 Å². The van der Waals surface area contributed by atoms with E-state index in [9.17, 15) is 10.2 Å². The predicted octanol–water partition coefficient (Wildman–Crippen LogP) is 22.9. The van der Waals surface area contributed by atoms with Crippen LogP contribution in [0.3, 0.4) is 0 Å². The zero-order valence-corrected chi connectivity index (χ0v) is 65.5. The van der Waals surface area contributed by atoms with Gasteiger partial charge in [0.1, 0.15) is 46.3 Å². The van der Waals surface area contributed by atoms with Crippen molar-refractivity contribution in [3.63, 3.8) is 0 Å². The Morgan fingerprint density at radius 3 is 1.27 bits per heavy atom. The van der Waals surface area contributed by atoms with Crippen LogP contribution in [0.2, 0.25) is 0 Å². The van der Waals surface area contributed by atoms with E-state index >= 15 is 0 Å². The van der Waals surface area contributed by atoms with E-state index in [2.05, 4.69) is 143 Å². The fourth-order valence-corrected chi connectivity index (χ4v) is 16.4. The van der Waals surface area contributed by atoms with Crippen LogP contribution in [-0.4, -0.2) is 70.3 Å². The van der Waals surface area contributed by atoms with Gasteiger partial charge in [0.25, 0.3) is 0 Å². The molecule has 4 aliphatic carbocycles. The zero-order chi connectivity index (χ0) is 74.3. The summed E-state index contributed by atoms with van der Waals surface area (Å²) in [4.78, 5) is 30.6. The quantitative estimate of drug-likeness (QED) is 0.0357. The van der Waals surface area contributed by atoms with E-state index in [0.717, 1.165) is 197 Å². The number of hydrogen-bond donors (Lipinski definition) is 5. The van der Waals surface area contributed by atoms with Crippen LogP contribution in [0.25, 0.3) is 94.2 Å². The Balaban J connectivity index is 0.000000124. The summed E-state index contributed by atoms with van der Waals surface area (Å²) in [5, 5.41) is 39.5. The van der Waals surface area contributed by atoms with Gasteiger partial charge in [0.2, 0.25) is 0 Å². The SMILES string of the molecule is CC/C=C(\CCC)c1cc(-c2c(C)noc2C)cc2[nH]c(C3CC3)nc12.CCC(O)(CC)c1cc(-c2c(C)noc2C)cc2c1nc(C1CC1)n2C.CCCC(CCC)c1cc(-c2c(C)noc2C)cc2[nH]c(C3CC3)nc12.CCCC(O)(CCC)c1cc(-c2c(C)noc2C)cc2[nH]c(C3CC3)nc12. The second kappa shape index (κ2) is 31.0. The molecule has 18 nitrogen and oxygen atoms in total. The van der Waals surface area contributed by atoms with Crippen LogP contribution in [-0.2, 0) is 18.2 Å². The smallest absolute Gasteiger partial charge is 0.141 e. The Hall–Kier alpha value is -8.74. The van der Waals surface area contributed by atoms with Gasteiger partial charge < -0.3 is 47.8 Å². The molecule has 0 atom stereocenters. The summed E-state index contributed by atoms with van der Waals surface area (Å²) in [5.74, 6) is 10.8. The minimum Gasteiger partial charge on any atom is -0.385 e. The molecule has 4 fully saturated rings. The third-order valence-corrected chi connectivity index (χ3v) is 22.5. The molecule has 0 saturated heterocycles. The predicted molar refractivity (Wildman–Crippen MR) is 421 cm³/mol. The highest BCUT2D eigenvalue weighted by atomic mass is 16.5.